The quantitative estimate of drug-likeness (QED) is 0.312. The van der Waals surface area contributed by atoms with E-state index in [9.17, 15) is 18.8 Å². The van der Waals surface area contributed by atoms with Gasteiger partial charge in [-0.2, -0.15) is 0 Å². The molecule has 0 saturated carbocycles. The molecule has 218 valence electrons. The van der Waals surface area contributed by atoms with E-state index in [1.165, 1.54) is 12.4 Å². The summed E-state index contributed by atoms with van der Waals surface area (Å²) >= 11 is 5.92. The molecule has 41 heavy (non-hydrogen) atoms. The summed E-state index contributed by atoms with van der Waals surface area (Å²) in [7, 11) is 1.67. The number of likely N-dealkylation sites (tertiary alicyclic amines) is 1. The molecule has 3 atom stereocenters. The molecule has 1 saturated heterocycles. The Labute approximate surface area is 243 Å². The molecular weight excluding hydrogens is 549 g/mol. The smallest absolute Gasteiger partial charge is 0.247 e. The maximum absolute atomic E-state index is 14.5. The standard InChI is InChI=1S/C29H35ClFN7O3/c1-16(32-5)26(39)37-24(29(2,3)4)28(41)38-13-7-10-22(38)27(40)35-17-11-12-20-18(14-17)25(34-15-33-20)36-21-9-6-8-19(30)23(21)31/h6,8-9,11-12,14-16,22,24,32H,7,10,13H2,1-5H3,(H,35,40)(H,37,39)(H,33,34,36)/t16-,22?,24+/m0/s1. The highest BCUT2D eigenvalue weighted by molar-refractivity contribution is 6.31. The van der Waals surface area contributed by atoms with Crippen molar-refractivity contribution in [2.24, 2.45) is 5.41 Å². The molecule has 1 aliphatic rings. The van der Waals surface area contributed by atoms with Crippen LogP contribution in [0.1, 0.15) is 40.5 Å². The van der Waals surface area contributed by atoms with Crippen molar-refractivity contribution in [3.63, 3.8) is 0 Å². The van der Waals surface area contributed by atoms with Crippen molar-refractivity contribution in [2.75, 3.05) is 24.2 Å². The van der Waals surface area contributed by atoms with E-state index >= 15 is 0 Å². The van der Waals surface area contributed by atoms with Crippen LogP contribution in [0.25, 0.3) is 10.9 Å². The molecule has 0 radical (unpaired) electrons. The average molecular weight is 584 g/mol. The maximum Gasteiger partial charge on any atom is 0.247 e. The van der Waals surface area contributed by atoms with Crippen molar-refractivity contribution < 1.29 is 18.8 Å². The van der Waals surface area contributed by atoms with Crippen LogP contribution < -0.4 is 21.3 Å². The molecule has 12 heteroatoms. The van der Waals surface area contributed by atoms with E-state index in [1.54, 1.807) is 49.2 Å². The molecule has 1 aromatic heterocycles. The van der Waals surface area contributed by atoms with Gasteiger partial charge in [-0.3, -0.25) is 14.4 Å². The first-order chi connectivity index (χ1) is 19.4. The van der Waals surface area contributed by atoms with E-state index in [2.05, 4.69) is 31.2 Å². The number of carbonyl (C=O) groups excluding carboxylic acids is 3. The van der Waals surface area contributed by atoms with Crippen molar-refractivity contribution in [3.8, 4) is 0 Å². The number of rotatable bonds is 8. The van der Waals surface area contributed by atoms with Crippen molar-refractivity contribution >= 4 is 57.4 Å². The van der Waals surface area contributed by atoms with Crippen molar-refractivity contribution in [3.05, 3.63) is 53.6 Å². The van der Waals surface area contributed by atoms with E-state index in [4.69, 9.17) is 11.6 Å². The highest BCUT2D eigenvalue weighted by Crippen LogP contribution is 2.30. The Morgan fingerprint density at radius 2 is 1.90 bits per heavy atom. The molecule has 3 aromatic rings. The average Bonchev–Trinajstić information content (AvgIpc) is 3.43. The first-order valence-corrected chi connectivity index (χ1v) is 13.8. The molecular formula is C29H35ClFN7O3. The fourth-order valence-corrected chi connectivity index (χ4v) is 4.88. The lowest BCUT2D eigenvalue weighted by molar-refractivity contribution is -0.143. The Kier molecular flexibility index (Phi) is 9.08. The Morgan fingerprint density at radius 1 is 1.15 bits per heavy atom. The molecule has 0 spiro atoms. The number of aromatic nitrogens is 2. The minimum atomic E-state index is -0.808. The van der Waals surface area contributed by atoms with Gasteiger partial charge in [-0.05, 0) is 62.6 Å². The Hall–Kier alpha value is -3.83. The molecule has 4 N–H and O–H groups in total. The summed E-state index contributed by atoms with van der Waals surface area (Å²) in [6.45, 7) is 7.76. The first-order valence-electron chi connectivity index (χ1n) is 13.5. The van der Waals surface area contributed by atoms with Gasteiger partial charge in [0.1, 0.15) is 24.2 Å². The van der Waals surface area contributed by atoms with Gasteiger partial charge in [0.25, 0.3) is 0 Å². The molecule has 2 aromatic carbocycles. The third kappa shape index (κ3) is 6.74. The summed E-state index contributed by atoms with van der Waals surface area (Å²) in [5, 5.41) is 12.1. The normalized spacial score (nSPS) is 16.8. The Morgan fingerprint density at radius 3 is 2.61 bits per heavy atom. The molecule has 1 fully saturated rings. The number of nitrogens with zero attached hydrogens (tertiary/aromatic N) is 3. The molecule has 1 unspecified atom stereocenters. The lowest BCUT2D eigenvalue weighted by Gasteiger charge is -2.36. The molecule has 0 bridgehead atoms. The zero-order valence-corrected chi connectivity index (χ0v) is 24.5. The van der Waals surface area contributed by atoms with E-state index in [-0.39, 0.29) is 28.4 Å². The van der Waals surface area contributed by atoms with Crippen molar-refractivity contribution in [1.29, 1.82) is 0 Å². The summed E-state index contributed by atoms with van der Waals surface area (Å²) < 4.78 is 14.5. The number of carbonyl (C=O) groups is 3. The van der Waals surface area contributed by atoms with Crippen LogP contribution in [0.15, 0.2) is 42.7 Å². The Balaban J connectivity index is 1.55. The molecule has 4 rings (SSSR count). The van der Waals surface area contributed by atoms with E-state index in [0.29, 0.717) is 41.8 Å². The van der Waals surface area contributed by atoms with Gasteiger partial charge in [0, 0.05) is 17.6 Å². The number of hydrogen-bond acceptors (Lipinski definition) is 7. The summed E-state index contributed by atoms with van der Waals surface area (Å²) in [5.74, 6) is -1.20. The van der Waals surface area contributed by atoms with E-state index in [1.807, 2.05) is 20.8 Å². The molecule has 3 amide bonds. The second-order valence-corrected chi connectivity index (χ2v) is 11.6. The fraction of sp³-hybridized carbons (Fsp3) is 0.414. The number of anilines is 3. The van der Waals surface area contributed by atoms with E-state index < -0.39 is 29.4 Å². The highest BCUT2D eigenvalue weighted by Gasteiger charge is 2.42. The predicted octanol–water partition coefficient (Wildman–Crippen LogP) is 4.23. The van der Waals surface area contributed by atoms with Crippen LogP contribution in [-0.4, -0.2) is 64.3 Å². The Bertz CT molecular complexity index is 1460. The summed E-state index contributed by atoms with van der Waals surface area (Å²) in [6.07, 6.45) is 2.51. The zero-order valence-electron chi connectivity index (χ0n) is 23.7. The lowest BCUT2D eigenvalue weighted by atomic mass is 9.85. The van der Waals surface area contributed by atoms with Crippen LogP contribution in [-0.2, 0) is 14.4 Å². The van der Waals surface area contributed by atoms with Gasteiger partial charge in [-0.1, -0.05) is 38.4 Å². The van der Waals surface area contributed by atoms with Crippen molar-refractivity contribution in [2.45, 2.75) is 58.7 Å². The summed E-state index contributed by atoms with van der Waals surface area (Å²) in [4.78, 5) is 49.9. The number of benzene rings is 2. The monoisotopic (exact) mass is 583 g/mol. The van der Waals surface area contributed by atoms with Crippen molar-refractivity contribution in [1.82, 2.24) is 25.5 Å². The van der Waals surface area contributed by atoms with Gasteiger partial charge in [0.2, 0.25) is 17.7 Å². The van der Waals surface area contributed by atoms with Gasteiger partial charge in [0.15, 0.2) is 5.82 Å². The van der Waals surface area contributed by atoms with E-state index in [0.717, 1.165) is 0 Å². The fourth-order valence-electron chi connectivity index (χ4n) is 4.70. The third-order valence-electron chi connectivity index (χ3n) is 7.17. The van der Waals surface area contributed by atoms with Crippen LogP contribution >= 0.6 is 11.6 Å². The molecule has 10 nitrogen and oxygen atoms in total. The van der Waals surface area contributed by atoms with Gasteiger partial charge < -0.3 is 26.2 Å². The van der Waals surface area contributed by atoms with Crippen LogP contribution in [0, 0.1) is 11.2 Å². The number of likely N-dealkylation sites (N-methyl/N-ethyl adjacent to an activating group) is 1. The lowest BCUT2D eigenvalue weighted by Crippen LogP contribution is -2.59. The zero-order chi connectivity index (χ0) is 29.9. The van der Waals surface area contributed by atoms with Crippen LogP contribution in [0.3, 0.4) is 0 Å². The summed E-state index contributed by atoms with van der Waals surface area (Å²) in [6, 6.07) is 7.74. The first kappa shape index (κ1) is 30.1. The summed E-state index contributed by atoms with van der Waals surface area (Å²) in [5.41, 5.74) is 0.625. The van der Waals surface area contributed by atoms with Gasteiger partial charge >= 0.3 is 0 Å². The number of halogens is 2. The maximum atomic E-state index is 14.5. The minimum absolute atomic E-state index is 0.0261. The number of nitrogens with one attached hydrogen (secondary N) is 4. The highest BCUT2D eigenvalue weighted by atomic mass is 35.5. The van der Waals surface area contributed by atoms with Gasteiger partial charge in [-0.15, -0.1) is 0 Å². The van der Waals surface area contributed by atoms with Crippen LogP contribution in [0.5, 0.6) is 0 Å². The van der Waals surface area contributed by atoms with Gasteiger partial charge in [-0.25, -0.2) is 14.4 Å². The number of amides is 3. The molecule has 2 heterocycles. The topological polar surface area (TPSA) is 128 Å². The second kappa shape index (κ2) is 12.4. The van der Waals surface area contributed by atoms with Crippen LogP contribution in [0.4, 0.5) is 21.6 Å². The number of hydrogen-bond donors (Lipinski definition) is 4. The second-order valence-electron chi connectivity index (χ2n) is 11.2. The molecule has 0 aliphatic carbocycles. The largest absolute Gasteiger partial charge is 0.342 e. The van der Waals surface area contributed by atoms with Crippen LogP contribution in [0.2, 0.25) is 5.02 Å². The minimum Gasteiger partial charge on any atom is -0.342 e. The number of fused-ring (bicyclic) bond motifs is 1. The predicted molar refractivity (Wildman–Crippen MR) is 158 cm³/mol. The third-order valence-corrected chi connectivity index (χ3v) is 7.46. The molecule has 1 aliphatic heterocycles. The SMILES string of the molecule is CN[C@@H](C)C(=O)N[C@H](C(=O)N1CCCC1C(=O)Nc1ccc2ncnc(Nc3cccc(Cl)c3F)c2c1)C(C)(C)C. The van der Waals surface area contributed by atoms with Gasteiger partial charge in [0.05, 0.1) is 22.3 Å².